The van der Waals surface area contributed by atoms with E-state index in [1.807, 2.05) is 0 Å². The second-order valence-electron chi connectivity index (χ2n) is 7.57. The summed E-state index contributed by atoms with van der Waals surface area (Å²) < 4.78 is 0.419. The molecule has 0 aromatic carbocycles. The lowest BCUT2D eigenvalue weighted by atomic mass is 10.1. The predicted octanol–water partition coefficient (Wildman–Crippen LogP) is 2.02. The SMILES string of the molecule is CCCCCCCCCCCCNCC(=O)O.C[N+](C)(C)CC(=O)[O-]. The second kappa shape index (κ2) is 17.7. The van der Waals surface area contributed by atoms with Crippen molar-refractivity contribution < 1.29 is 24.3 Å². The average molecular weight is 361 g/mol. The Hall–Kier alpha value is -1.14. The minimum absolute atomic E-state index is 0.0694. The fraction of sp³-hybridized carbons (Fsp3) is 0.895. The Labute approximate surface area is 154 Å². The van der Waals surface area contributed by atoms with Crippen LogP contribution in [0.1, 0.15) is 71.1 Å². The fourth-order valence-electron chi connectivity index (χ4n) is 2.32. The van der Waals surface area contributed by atoms with E-state index < -0.39 is 11.9 Å². The summed E-state index contributed by atoms with van der Waals surface area (Å²) in [7, 11) is 5.40. The van der Waals surface area contributed by atoms with Crippen LogP contribution in [0.4, 0.5) is 0 Å². The van der Waals surface area contributed by atoms with Gasteiger partial charge >= 0.3 is 5.97 Å². The minimum atomic E-state index is -1.00. The molecule has 150 valence electrons. The molecule has 0 aliphatic heterocycles. The summed E-state index contributed by atoms with van der Waals surface area (Å²) in [5.41, 5.74) is 0. The van der Waals surface area contributed by atoms with E-state index in [0.717, 1.165) is 13.0 Å². The summed E-state index contributed by atoms with van der Waals surface area (Å²) in [5.74, 6) is -1.77. The van der Waals surface area contributed by atoms with Gasteiger partial charge < -0.3 is 24.8 Å². The summed E-state index contributed by atoms with van der Waals surface area (Å²) >= 11 is 0. The molecule has 0 fully saturated rings. The lowest BCUT2D eigenvalue weighted by molar-refractivity contribution is -0.864. The number of carboxylic acids is 2. The lowest BCUT2D eigenvalue weighted by Gasteiger charge is -2.23. The van der Waals surface area contributed by atoms with Crippen molar-refractivity contribution in [2.24, 2.45) is 0 Å². The largest absolute Gasteiger partial charge is 0.544 e. The molecular weight excluding hydrogens is 320 g/mol. The Morgan fingerprint density at radius 3 is 1.64 bits per heavy atom. The normalized spacial score (nSPS) is 10.9. The predicted molar refractivity (Wildman–Crippen MR) is 100 cm³/mol. The standard InChI is InChI=1S/C14H29NO2.C5H11NO2/c1-2-3-4-5-6-7-8-9-10-11-12-15-13-14(16)17;1-6(2,3)4-5(7)8/h15H,2-13H2,1H3,(H,16,17);4H2,1-3H3. The number of unbranched alkanes of at least 4 members (excludes halogenated alkanes) is 9. The molecule has 0 aromatic heterocycles. The minimum Gasteiger partial charge on any atom is -0.544 e. The van der Waals surface area contributed by atoms with E-state index in [9.17, 15) is 14.7 Å². The first-order chi connectivity index (χ1) is 11.7. The zero-order chi connectivity index (χ0) is 19.6. The molecule has 0 saturated carbocycles. The third-order valence-electron chi connectivity index (χ3n) is 3.59. The van der Waals surface area contributed by atoms with Crippen LogP contribution in [0.25, 0.3) is 0 Å². The van der Waals surface area contributed by atoms with Crippen LogP contribution < -0.4 is 10.4 Å². The smallest absolute Gasteiger partial charge is 0.317 e. The maximum atomic E-state index is 10.2. The van der Waals surface area contributed by atoms with Crippen molar-refractivity contribution in [2.45, 2.75) is 71.1 Å². The summed E-state index contributed by atoms with van der Waals surface area (Å²) in [6.07, 6.45) is 13.2. The van der Waals surface area contributed by atoms with Gasteiger partial charge in [0.25, 0.3) is 0 Å². The van der Waals surface area contributed by atoms with E-state index in [0.29, 0.717) is 4.48 Å². The van der Waals surface area contributed by atoms with Crippen molar-refractivity contribution in [1.82, 2.24) is 5.32 Å². The molecule has 0 aliphatic carbocycles. The fourth-order valence-corrected chi connectivity index (χ4v) is 2.32. The van der Waals surface area contributed by atoms with Gasteiger partial charge in [-0.2, -0.15) is 0 Å². The maximum Gasteiger partial charge on any atom is 0.317 e. The van der Waals surface area contributed by atoms with Gasteiger partial charge in [-0.1, -0.05) is 64.7 Å². The van der Waals surface area contributed by atoms with Crippen LogP contribution in [0, 0.1) is 0 Å². The number of aliphatic carboxylic acids is 2. The number of likely N-dealkylation sites (N-methyl/N-ethyl adjacent to an activating group) is 1. The number of quaternary nitrogens is 1. The van der Waals surface area contributed by atoms with E-state index in [1.165, 1.54) is 57.8 Å². The van der Waals surface area contributed by atoms with Gasteiger partial charge in [-0.15, -0.1) is 0 Å². The van der Waals surface area contributed by atoms with Gasteiger partial charge in [0.05, 0.1) is 33.7 Å². The van der Waals surface area contributed by atoms with Gasteiger partial charge in [-0.25, -0.2) is 0 Å². The zero-order valence-corrected chi connectivity index (χ0v) is 16.8. The van der Waals surface area contributed by atoms with Crippen LogP contribution in [0.15, 0.2) is 0 Å². The summed E-state index contributed by atoms with van der Waals surface area (Å²) in [6.45, 7) is 3.25. The van der Waals surface area contributed by atoms with Crippen molar-refractivity contribution >= 4 is 11.9 Å². The summed E-state index contributed by atoms with van der Waals surface area (Å²) in [5, 5.41) is 21.2. The van der Waals surface area contributed by atoms with Gasteiger partial charge in [0.15, 0.2) is 0 Å². The van der Waals surface area contributed by atoms with E-state index in [4.69, 9.17) is 5.11 Å². The first-order valence-corrected chi connectivity index (χ1v) is 9.62. The molecule has 0 radical (unpaired) electrons. The molecule has 25 heavy (non-hydrogen) atoms. The molecule has 2 N–H and O–H groups in total. The van der Waals surface area contributed by atoms with Crippen LogP contribution in [-0.4, -0.2) is 62.3 Å². The van der Waals surface area contributed by atoms with Crippen molar-refractivity contribution in [3.8, 4) is 0 Å². The summed E-state index contributed by atoms with van der Waals surface area (Å²) in [4.78, 5) is 20.1. The number of nitrogens with zero attached hydrogens (tertiary/aromatic N) is 1. The third kappa shape index (κ3) is 31.2. The number of hydrogen-bond donors (Lipinski definition) is 2. The number of rotatable bonds is 15. The zero-order valence-electron chi connectivity index (χ0n) is 16.8. The van der Waals surface area contributed by atoms with Crippen molar-refractivity contribution in [3.63, 3.8) is 0 Å². The summed E-state index contributed by atoms with van der Waals surface area (Å²) in [6, 6.07) is 0. The molecule has 0 rings (SSSR count). The van der Waals surface area contributed by atoms with Gasteiger partial charge in [0, 0.05) is 0 Å². The maximum absolute atomic E-state index is 10.2. The van der Waals surface area contributed by atoms with Crippen LogP contribution in [0.3, 0.4) is 0 Å². The highest BCUT2D eigenvalue weighted by Crippen LogP contribution is 2.10. The molecule has 0 heterocycles. The molecular formula is C19H40N2O4. The highest BCUT2D eigenvalue weighted by atomic mass is 16.4. The molecule has 0 saturated heterocycles. The monoisotopic (exact) mass is 360 g/mol. The van der Waals surface area contributed by atoms with Crippen LogP contribution in [-0.2, 0) is 9.59 Å². The number of carboxylic acid groups (broad SMARTS) is 2. The lowest BCUT2D eigenvalue weighted by Crippen LogP contribution is -2.45. The van der Waals surface area contributed by atoms with E-state index in [-0.39, 0.29) is 13.1 Å². The Balaban J connectivity index is 0. The quantitative estimate of drug-likeness (QED) is 0.344. The molecule has 0 spiro atoms. The van der Waals surface area contributed by atoms with Crippen molar-refractivity contribution in [1.29, 1.82) is 0 Å². The first kappa shape index (κ1) is 26.1. The third-order valence-corrected chi connectivity index (χ3v) is 3.59. The Bertz CT molecular complexity index is 328. The van der Waals surface area contributed by atoms with Crippen LogP contribution in [0.2, 0.25) is 0 Å². The van der Waals surface area contributed by atoms with E-state index in [1.54, 1.807) is 21.1 Å². The number of hydrogen-bond acceptors (Lipinski definition) is 4. The van der Waals surface area contributed by atoms with Gasteiger partial charge in [-0.05, 0) is 13.0 Å². The van der Waals surface area contributed by atoms with Crippen molar-refractivity contribution in [2.75, 3.05) is 40.8 Å². The number of carbonyl (C=O) groups excluding carboxylic acids is 1. The Morgan fingerprint density at radius 1 is 0.880 bits per heavy atom. The molecule has 0 bridgehead atoms. The number of nitrogens with one attached hydrogen (secondary N) is 1. The first-order valence-electron chi connectivity index (χ1n) is 9.62. The van der Waals surface area contributed by atoms with Gasteiger partial charge in [-0.3, -0.25) is 4.79 Å². The van der Waals surface area contributed by atoms with Gasteiger partial charge in [0.1, 0.15) is 6.54 Å². The molecule has 0 amide bonds. The topological polar surface area (TPSA) is 89.5 Å². The molecule has 6 heteroatoms. The van der Waals surface area contributed by atoms with Crippen LogP contribution >= 0.6 is 0 Å². The average Bonchev–Trinajstić information content (AvgIpc) is 2.46. The molecule has 0 aromatic rings. The van der Waals surface area contributed by atoms with Crippen LogP contribution in [0.5, 0.6) is 0 Å². The van der Waals surface area contributed by atoms with E-state index in [2.05, 4.69) is 12.2 Å². The highest BCUT2D eigenvalue weighted by molar-refractivity contribution is 5.68. The highest BCUT2D eigenvalue weighted by Gasteiger charge is 2.04. The Kier molecular flexibility index (Phi) is 18.4. The number of carbonyl (C=O) groups is 2. The Morgan fingerprint density at radius 2 is 1.32 bits per heavy atom. The van der Waals surface area contributed by atoms with E-state index >= 15 is 0 Å². The second-order valence-corrected chi connectivity index (χ2v) is 7.57. The molecule has 0 unspecified atom stereocenters. The van der Waals surface area contributed by atoms with Crippen molar-refractivity contribution in [3.05, 3.63) is 0 Å². The molecule has 6 nitrogen and oxygen atoms in total. The molecule has 0 atom stereocenters. The van der Waals surface area contributed by atoms with Gasteiger partial charge in [0.2, 0.25) is 0 Å². The molecule has 0 aliphatic rings.